The molecule has 0 aliphatic carbocycles. The lowest BCUT2D eigenvalue weighted by molar-refractivity contribution is -0.120. The zero-order valence-corrected chi connectivity index (χ0v) is 21.1. The first-order valence-corrected chi connectivity index (χ1v) is 11.7. The van der Waals surface area contributed by atoms with E-state index in [9.17, 15) is 22.4 Å². The summed E-state index contributed by atoms with van der Waals surface area (Å²) in [5.74, 6) is -2.54. The van der Waals surface area contributed by atoms with Crippen LogP contribution < -0.4 is 10.2 Å². The summed E-state index contributed by atoms with van der Waals surface area (Å²) in [6, 6.07) is 3.78. The average molecular weight is 560 g/mol. The van der Waals surface area contributed by atoms with E-state index >= 15 is 0 Å². The molecule has 5 nitrogen and oxygen atoms in total. The van der Waals surface area contributed by atoms with E-state index in [2.05, 4.69) is 15.3 Å². The van der Waals surface area contributed by atoms with Gasteiger partial charge < -0.3 is 10.2 Å². The first-order chi connectivity index (χ1) is 17.0. The summed E-state index contributed by atoms with van der Waals surface area (Å²) in [6.07, 6.45) is 0. The van der Waals surface area contributed by atoms with Crippen LogP contribution in [0, 0.1) is 37.1 Å². The normalized spacial score (nSPS) is 13.6. The van der Waals surface area contributed by atoms with Gasteiger partial charge in [-0.15, -0.1) is 0 Å². The molecule has 2 aromatic heterocycles. The number of piperazine rings is 1. The fourth-order valence-corrected chi connectivity index (χ4v) is 4.59. The van der Waals surface area contributed by atoms with Gasteiger partial charge in [0.2, 0.25) is 5.91 Å². The van der Waals surface area contributed by atoms with E-state index in [-0.39, 0.29) is 49.5 Å². The second kappa shape index (κ2) is 10.2. The number of carbonyl (C=O) groups excluding carboxylic acids is 1. The number of nitrogens with zero attached hydrogens (tertiary/aromatic N) is 3. The van der Waals surface area contributed by atoms with Crippen molar-refractivity contribution in [2.75, 3.05) is 24.5 Å². The lowest BCUT2D eigenvalue weighted by Gasteiger charge is -2.29. The fourth-order valence-electron chi connectivity index (χ4n) is 3.81. The molecule has 1 amide bonds. The number of carbonyl (C=O) groups is 1. The third-order valence-electron chi connectivity index (χ3n) is 5.59. The largest absolute Gasteiger partial charge is 0.353 e. The Morgan fingerprint density at radius 1 is 0.833 bits per heavy atom. The highest BCUT2D eigenvalue weighted by Gasteiger charge is 2.23. The monoisotopic (exact) mass is 558 g/mol. The first-order valence-electron chi connectivity index (χ1n) is 10.5. The predicted molar refractivity (Wildman–Crippen MR) is 133 cm³/mol. The van der Waals surface area contributed by atoms with Gasteiger partial charge in [0.15, 0.2) is 0 Å². The van der Waals surface area contributed by atoms with Crippen LogP contribution in [0.15, 0.2) is 24.3 Å². The maximum atomic E-state index is 13.9. The van der Waals surface area contributed by atoms with Gasteiger partial charge in [0.1, 0.15) is 34.2 Å². The average Bonchev–Trinajstić information content (AvgIpc) is 2.79. The molecule has 0 atom stereocenters. The first kappa shape index (κ1) is 26.2. The van der Waals surface area contributed by atoms with Gasteiger partial charge in [0.05, 0.1) is 38.4 Å². The number of nitrogens with one attached hydrogen (secondary N) is 1. The Hall–Kier alpha value is -2.88. The molecule has 5 rings (SSSR count). The Balaban J connectivity index is 0.000000179. The van der Waals surface area contributed by atoms with E-state index in [4.69, 9.17) is 34.8 Å². The van der Waals surface area contributed by atoms with Gasteiger partial charge in [-0.3, -0.25) is 4.79 Å². The summed E-state index contributed by atoms with van der Waals surface area (Å²) >= 11 is 17.9. The van der Waals surface area contributed by atoms with Crippen LogP contribution in [-0.2, 0) is 4.79 Å². The molecule has 3 heterocycles. The molecule has 0 bridgehead atoms. The standard InChI is InChI=1S/C14H12ClF2N3O.C10H5Cl2F2N/c1-7-13(15)12-9(17)4-8(16)5-10(12)19-14(7)20-3-2-18-11(21)6-20;1-4-9(11)8-6(14)2-5(13)3-7(8)15-10(4)12/h4-5H,2-3,6H2,1H3,(H,18,21);2-3H,1H3. The number of hydrogen-bond acceptors (Lipinski definition) is 4. The molecule has 1 saturated heterocycles. The topological polar surface area (TPSA) is 58.1 Å². The minimum absolute atomic E-state index is 0.0972. The quantitative estimate of drug-likeness (QED) is 0.213. The molecule has 1 fully saturated rings. The zero-order valence-electron chi connectivity index (χ0n) is 18.8. The van der Waals surface area contributed by atoms with E-state index in [0.29, 0.717) is 30.0 Å². The van der Waals surface area contributed by atoms with Crippen molar-refractivity contribution in [3.05, 3.63) is 73.9 Å². The molecule has 4 aromatic rings. The van der Waals surface area contributed by atoms with Crippen molar-refractivity contribution in [3.63, 3.8) is 0 Å². The highest BCUT2D eigenvalue weighted by atomic mass is 35.5. The van der Waals surface area contributed by atoms with Crippen molar-refractivity contribution < 1.29 is 22.4 Å². The second-order valence-corrected chi connectivity index (χ2v) is 9.16. The lowest BCUT2D eigenvalue weighted by atomic mass is 10.1. The van der Waals surface area contributed by atoms with E-state index < -0.39 is 23.3 Å². The van der Waals surface area contributed by atoms with Crippen molar-refractivity contribution in [1.82, 2.24) is 15.3 Å². The van der Waals surface area contributed by atoms with Crippen LogP contribution in [0.25, 0.3) is 21.8 Å². The maximum Gasteiger partial charge on any atom is 0.239 e. The van der Waals surface area contributed by atoms with Crippen molar-refractivity contribution in [1.29, 1.82) is 0 Å². The number of benzene rings is 2. The van der Waals surface area contributed by atoms with Crippen molar-refractivity contribution in [2.24, 2.45) is 0 Å². The number of rotatable bonds is 1. The molecular weight excluding hydrogens is 543 g/mol. The van der Waals surface area contributed by atoms with E-state index in [0.717, 1.165) is 24.3 Å². The zero-order chi connectivity index (χ0) is 26.3. The van der Waals surface area contributed by atoms with Gasteiger partial charge in [0, 0.05) is 48.5 Å². The Labute approximate surface area is 218 Å². The van der Waals surface area contributed by atoms with Crippen LogP contribution in [-0.4, -0.2) is 35.5 Å². The molecule has 0 unspecified atom stereocenters. The predicted octanol–water partition coefficient (Wildman–Crippen LogP) is 6.54. The Bertz CT molecular complexity index is 1530. The summed E-state index contributed by atoms with van der Waals surface area (Å²) in [6.45, 7) is 4.54. The molecule has 1 N–H and O–H groups in total. The Morgan fingerprint density at radius 2 is 1.36 bits per heavy atom. The highest BCUT2D eigenvalue weighted by Crippen LogP contribution is 2.34. The summed E-state index contributed by atoms with van der Waals surface area (Å²) in [5, 5.41) is 3.42. The second-order valence-electron chi connectivity index (χ2n) is 8.05. The van der Waals surface area contributed by atoms with Crippen molar-refractivity contribution in [2.45, 2.75) is 13.8 Å². The molecule has 1 aliphatic heterocycles. The Kier molecular flexibility index (Phi) is 7.45. The van der Waals surface area contributed by atoms with Crippen LogP contribution in [0.4, 0.5) is 23.4 Å². The van der Waals surface area contributed by atoms with Gasteiger partial charge in [0.25, 0.3) is 0 Å². The summed E-state index contributed by atoms with van der Waals surface area (Å²) in [7, 11) is 0. The molecule has 0 spiro atoms. The lowest BCUT2D eigenvalue weighted by Crippen LogP contribution is -2.48. The number of hydrogen-bond donors (Lipinski definition) is 1. The smallest absolute Gasteiger partial charge is 0.239 e. The molecule has 1 aliphatic rings. The minimum Gasteiger partial charge on any atom is -0.353 e. The molecule has 12 heteroatoms. The van der Waals surface area contributed by atoms with Crippen LogP contribution in [0.1, 0.15) is 11.1 Å². The van der Waals surface area contributed by atoms with Crippen molar-refractivity contribution >= 4 is 68.3 Å². The number of fused-ring (bicyclic) bond motifs is 2. The van der Waals surface area contributed by atoms with Crippen LogP contribution in [0.5, 0.6) is 0 Å². The van der Waals surface area contributed by atoms with Crippen LogP contribution in [0.3, 0.4) is 0 Å². The van der Waals surface area contributed by atoms with Crippen LogP contribution in [0.2, 0.25) is 15.2 Å². The number of aromatic nitrogens is 2. The molecule has 0 radical (unpaired) electrons. The number of halogens is 7. The number of amides is 1. The van der Waals surface area contributed by atoms with Gasteiger partial charge in [-0.2, -0.15) is 0 Å². The minimum atomic E-state index is -0.742. The van der Waals surface area contributed by atoms with Gasteiger partial charge in [-0.25, -0.2) is 27.5 Å². The summed E-state index contributed by atoms with van der Waals surface area (Å²) in [4.78, 5) is 21.4. The maximum absolute atomic E-state index is 13.9. The van der Waals surface area contributed by atoms with E-state index in [1.165, 1.54) is 0 Å². The molecule has 36 heavy (non-hydrogen) atoms. The molecule has 0 saturated carbocycles. The van der Waals surface area contributed by atoms with E-state index in [1.54, 1.807) is 18.7 Å². The SMILES string of the molecule is Cc1c(Cl)nc2cc(F)cc(F)c2c1Cl.Cc1c(N2CCNC(=O)C2)nc2cc(F)cc(F)c2c1Cl. The van der Waals surface area contributed by atoms with E-state index in [1.807, 2.05) is 0 Å². The fraction of sp³-hybridized carbons (Fsp3) is 0.208. The summed E-state index contributed by atoms with van der Waals surface area (Å²) in [5.41, 5.74) is 1.32. The Morgan fingerprint density at radius 3 is 1.92 bits per heavy atom. The van der Waals surface area contributed by atoms with Gasteiger partial charge >= 0.3 is 0 Å². The number of anilines is 1. The number of pyridine rings is 2. The van der Waals surface area contributed by atoms with Crippen LogP contribution >= 0.6 is 34.8 Å². The third kappa shape index (κ3) is 5.00. The molecule has 2 aromatic carbocycles. The highest BCUT2D eigenvalue weighted by molar-refractivity contribution is 6.39. The van der Waals surface area contributed by atoms with Gasteiger partial charge in [-0.1, -0.05) is 34.8 Å². The summed E-state index contributed by atoms with van der Waals surface area (Å²) < 4.78 is 53.6. The van der Waals surface area contributed by atoms with Crippen molar-refractivity contribution in [3.8, 4) is 0 Å². The molecular formula is C24H17Cl3F4N4O. The molecule has 188 valence electrons. The third-order valence-corrected chi connectivity index (χ3v) is 6.91. The van der Waals surface area contributed by atoms with Gasteiger partial charge in [-0.05, 0) is 13.8 Å².